The summed E-state index contributed by atoms with van der Waals surface area (Å²) in [5, 5.41) is 8.36. The van der Waals surface area contributed by atoms with Crippen LogP contribution in [0.5, 0.6) is 0 Å². The highest BCUT2D eigenvalue weighted by molar-refractivity contribution is 7.98. The van der Waals surface area contributed by atoms with Gasteiger partial charge in [-0.15, -0.1) is 16.9 Å². The molecule has 1 aliphatic rings. The van der Waals surface area contributed by atoms with Crippen LogP contribution in [0.25, 0.3) is 11.0 Å². The van der Waals surface area contributed by atoms with Crippen molar-refractivity contribution in [1.82, 2.24) is 19.9 Å². The summed E-state index contributed by atoms with van der Waals surface area (Å²) in [6.07, 6.45) is 25.4. The topological polar surface area (TPSA) is 51.0 Å². The molecule has 1 fully saturated rings. The number of likely N-dealkylation sites (tertiary alicyclic amines) is 1. The zero-order valence-electron chi connectivity index (χ0n) is 22.3. The summed E-state index contributed by atoms with van der Waals surface area (Å²) >= 11 is 1.67. The highest BCUT2D eigenvalue weighted by Crippen LogP contribution is 2.25. The number of carbonyl (C=O) groups is 1. The molecule has 0 atom stereocenters. The van der Waals surface area contributed by atoms with Gasteiger partial charge >= 0.3 is 6.03 Å². The average Bonchev–Trinajstić information content (AvgIpc) is 3.32. The van der Waals surface area contributed by atoms with E-state index in [1.54, 1.807) is 11.8 Å². The van der Waals surface area contributed by atoms with E-state index in [4.69, 9.17) is 0 Å². The molecule has 3 rings (SSSR count). The summed E-state index contributed by atoms with van der Waals surface area (Å²) < 4.78 is 1.48. The van der Waals surface area contributed by atoms with Gasteiger partial charge in [-0.1, -0.05) is 108 Å². The maximum atomic E-state index is 13.0. The van der Waals surface area contributed by atoms with Crippen LogP contribution in [0.1, 0.15) is 116 Å². The molecule has 1 aromatic carbocycles. The van der Waals surface area contributed by atoms with Gasteiger partial charge in [0.1, 0.15) is 5.52 Å². The molecule has 2 heterocycles. The monoisotopic (exact) mass is 500 g/mol. The summed E-state index contributed by atoms with van der Waals surface area (Å²) in [6.45, 7) is 3.97. The minimum Gasteiger partial charge on any atom is -0.323 e. The zero-order chi connectivity index (χ0) is 24.7. The van der Waals surface area contributed by atoms with Gasteiger partial charge in [-0.05, 0) is 43.2 Å². The SMILES string of the molecule is CCCCCCCCCCCCCCCCC1CCN(C(=O)n2nnc3cc(SC)ccc32)CC1. The molecule has 0 radical (unpaired) electrons. The van der Waals surface area contributed by atoms with Crippen molar-refractivity contribution in [2.75, 3.05) is 19.3 Å². The second-order valence-corrected chi connectivity index (χ2v) is 11.3. The lowest BCUT2D eigenvalue weighted by molar-refractivity contribution is 0.166. The van der Waals surface area contributed by atoms with Gasteiger partial charge in [0.25, 0.3) is 0 Å². The molecule has 0 aliphatic carbocycles. The Morgan fingerprint density at radius 1 is 0.886 bits per heavy atom. The molecule has 1 aliphatic heterocycles. The van der Waals surface area contributed by atoms with Crippen LogP contribution in [0.2, 0.25) is 0 Å². The number of carbonyl (C=O) groups excluding carboxylic acids is 1. The number of fused-ring (bicyclic) bond motifs is 1. The predicted octanol–water partition coefficient (Wildman–Crippen LogP) is 8.70. The zero-order valence-corrected chi connectivity index (χ0v) is 23.2. The fraction of sp³-hybridized carbons (Fsp3) is 0.759. The van der Waals surface area contributed by atoms with Crippen LogP contribution in [0.3, 0.4) is 0 Å². The number of rotatable bonds is 16. The van der Waals surface area contributed by atoms with E-state index < -0.39 is 0 Å². The maximum Gasteiger partial charge on any atom is 0.346 e. The van der Waals surface area contributed by atoms with Crippen LogP contribution in [0.4, 0.5) is 4.79 Å². The Labute approximate surface area is 217 Å². The van der Waals surface area contributed by atoms with Gasteiger partial charge in [0.2, 0.25) is 0 Å². The van der Waals surface area contributed by atoms with Crippen LogP contribution in [0.15, 0.2) is 23.1 Å². The van der Waals surface area contributed by atoms with Crippen molar-refractivity contribution in [3.05, 3.63) is 18.2 Å². The molecule has 35 heavy (non-hydrogen) atoms. The number of amides is 1. The van der Waals surface area contributed by atoms with Gasteiger partial charge in [0.15, 0.2) is 0 Å². The van der Waals surface area contributed by atoms with E-state index in [9.17, 15) is 4.79 Å². The molecule has 2 aromatic rings. The van der Waals surface area contributed by atoms with E-state index in [2.05, 4.69) is 17.2 Å². The van der Waals surface area contributed by atoms with Crippen LogP contribution in [0, 0.1) is 5.92 Å². The van der Waals surface area contributed by atoms with Gasteiger partial charge in [0, 0.05) is 18.0 Å². The fourth-order valence-electron chi connectivity index (χ4n) is 5.35. The third-order valence-electron chi connectivity index (χ3n) is 7.68. The van der Waals surface area contributed by atoms with Crippen LogP contribution >= 0.6 is 11.8 Å². The van der Waals surface area contributed by atoms with Crippen molar-refractivity contribution in [3.8, 4) is 0 Å². The van der Waals surface area contributed by atoms with E-state index >= 15 is 0 Å². The van der Waals surface area contributed by atoms with Crippen molar-refractivity contribution in [1.29, 1.82) is 0 Å². The number of benzene rings is 1. The fourth-order valence-corrected chi connectivity index (χ4v) is 5.78. The second kappa shape index (κ2) is 16.2. The molecule has 0 N–H and O–H groups in total. The molecule has 0 unspecified atom stereocenters. The van der Waals surface area contributed by atoms with Crippen molar-refractivity contribution in [3.63, 3.8) is 0 Å². The Morgan fingerprint density at radius 3 is 2.03 bits per heavy atom. The lowest BCUT2D eigenvalue weighted by atomic mass is 9.91. The number of hydrogen-bond acceptors (Lipinski definition) is 4. The molecule has 5 nitrogen and oxygen atoms in total. The van der Waals surface area contributed by atoms with Gasteiger partial charge < -0.3 is 4.90 Å². The molecule has 1 amide bonds. The molecule has 0 spiro atoms. The molecule has 196 valence electrons. The Bertz CT molecular complexity index is 859. The predicted molar refractivity (Wildman–Crippen MR) is 149 cm³/mol. The first-order valence-electron chi connectivity index (χ1n) is 14.4. The highest BCUT2D eigenvalue weighted by atomic mass is 32.2. The Balaban J connectivity index is 1.20. The van der Waals surface area contributed by atoms with Crippen molar-refractivity contribution < 1.29 is 4.79 Å². The number of piperidine rings is 1. The van der Waals surface area contributed by atoms with E-state index in [1.807, 2.05) is 29.4 Å². The van der Waals surface area contributed by atoms with Crippen molar-refractivity contribution in [2.45, 2.75) is 121 Å². The summed E-state index contributed by atoms with van der Waals surface area (Å²) in [6, 6.07) is 5.96. The minimum atomic E-state index is -0.0284. The van der Waals surface area contributed by atoms with E-state index in [0.717, 1.165) is 47.8 Å². The van der Waals surface area contributed by atoms with E-state index in [0.29, 0.717) is 0 Å². The Kier molecular flexibility index (Phi) is 13.0. The van der Waals surface area contributed by atoms with Crippen LogP contribution < -0.4 is 0 Å². The first-order chi connectivity index (χ1) is 17.2. The number of nitrogens with zero attached hydrogens (tertiary/aromatic N) is 4. The van der Waals surface area contributed by atoms with E-state index in [-0.39, 0.29) is 6.03 Å². The van der Waals surface area contributed by atoms with Crippen LogP contribution in [-0.4, -0.2) is 45.3 Å². The molecular weight excluding hydrogens is 452 g/mol. The second-order valence-electron chi connectivity index (χ2n) is 10.5. The molecule has 0 bridgehead atoms. The lowest BCUT2D eigenvalue weighted by Gasteiger charge is -2.31. The quantitative estimate of drug-likeness (QED) is 0.171. The van der Waals surface area contributed by atoms with Gasteiger partial charge in [-0.25, -0.2) is 4.79 Å². The summed E-state index contributed by atoms with van der Waals surface area (Å²) in [7, 11) is 0. The molecule has 1 aromatic heterocycles. The number of hydrogen-bond donors (Lipinski definition) is 0. The van der Waals surface area contributed by atoms with Gasteiger partial charge in [-0.3, -0.25) is 0 Å². The van der Waals surface area contributed by atoms with E-state index in [1.165, 1.54) is 101 Å². The third kappa shape index (κ3) is 9.44. The summed E-state index contributed by atoms with van der Waals surface area (Å²) in [4.78, 5) is 16.1. The number of thioether (sulfide) groups is 1. The lowest BCUT2D eigenvalue weighted by Crippen LogP contribution is -2.41. The standard InChI is InChI=1S/C29H48N4OS/c1-3-4-5-6-7-8-9-10-11-12-13-14-15-16-17-25-20-22-32(23-21-25)29(34)33-28-19-18-26(35-2)24-27(28)30-31-33/h18-19,24-25H,3-17,20-23H2,1-2H3. The smallest absolute Gasteiger partial charge is 0.323 e. The third-order valence-corrected chi connectivity index (χ3v) is 8.41. The highest BCUT2D eigenvalue weighted by Gasteiger charge is 2.25. The van der Waals surface area contributed by atoms with Crippen molar-refractivity contribution in [2.24, 2.45) is 5.92 Å². The molecule has 6 heteroatoms. The summed E-state index contributed by atoms with van der Waals surface area (Å²) in [5.74, 6) is 0.771. The number of aromatic nitrogens is 3. The average molecular weight is 501 g/mol. The summed E-state index contributed by atoms with van der Waals surface area (Å²) in [5.41, 5.74) is 1.59. The Hall–Kier alpha value is -1.56. The Morgan fingerprint density at radius 2 is 1.46 bits per heavy atom. The molecule has 0 saturated carbocycles. The van der Waals surface area contributed by atoms with Gasteiger partial charge in [-0.2, -0.15) is 4.68 Å². The van der Waals surface area contributed by atoms with Crippen molar-refractivity contribution >= 4 is 28.8 Å². The maximum absolute atomic E-state index is 13.0. The molecule has 1 saturated heterocycles. The first-order valence-corrected chi connectivity index (χ1v) is 15.6. The first kappa shape index (κ1) is 28.0. The molecular formula is C29H48N4OS. The number of unbranched alkanes of at least 4 members (excludes halogenated alkanes) is 13. The van der Waals surface area contributed by atoms with Gasteiger partial charge in [0.05, 0.1) is 5.52 Å². The minimum absolute atomic E-state index is 0.0284. The normalized spacial score (nSPS) is 14.7. The van der Waals surface area contributed by atoms with Crippen LogP contribution in [-0.2, 0) is 0 Å². The largest absolute Gasteiger partial charge is 0.346 e.